The number of sulfonamides is 1. The molecule has 0 radical (unpaired) electrons. The van der Waals surface area contributed by atoms with E-state index < -0.39 is 10.0 Å². The van der Waals surface area contributed by atoms with E-state index in [9.17, 15) is 8.42 Å². The third-order valence-corrected chi connectivity index (χ3v) is 5.11. The lowest BCUT2D eigenvalue weighted by molar-refractivity contribution is 0.469. The summed E-state index contributed by atoms with van der Waals surface area (Å²) in [6, 6.07) is 0. The molecular weight excluding hydrogens is 268 g/mol. The fourth-order valence-corrected chi connectivity index (χ4v) is 3.57. The summed E-state index contributed by atoms with van der Waals surface area (Å²) < 4.78 is 24.9. The lowest BCUT2D eigenvalue weighted by Gasteiger charge is -2.15. The van der Waals surface area contributed by atoms with Crippen LogP contribution in [0.4, 0.5) is 0 Å². The molecule has 0 aliphatic carbocycles. The van der Waals surface area contributed by atoms with Gasteiger partial charge in [0.05, 0.1) is 10.8 Å². The number of hydrogen-bond donors (Lipinski definition) is 0. The van der Waals surface area contributed by atoms with Gasteiger partial charge in [-0.25, -0.2) is 13.4 Å². The van der Waals surface area contributed by atoms with Gasteiger partial charge in [-0.05, 0) is 13.3 Å². The summed E-state index contributed by atoms with van der Waals surface area (Å²) in [6.45, 7) is 2.28. The van der Waals surface area contributed by atoms with Crippen LogP contribution in [0.25, 0.3) is 0 Å². The van der Waals surface area contributed by atoms with Crippen molar-refractivity contribution in [2.24, 2.45) is 0 Å². The van der Waals surface area contributed by atoms with Gasteiger partial charge in [-0.2, -0.15) is 4.31 Å². The fraction of sp³-hybridized carbons (Fsp3) is 0.667. The number of rotatable bonds is 6. The van der Waals surface area contributed by atoms with Crippen LogP contribution in [0.5, 0.6) is 0 Å². The summed E-state index contributed by atoms with van der Waals surface area (Å²) in [5.74, 6) is 0.470. The Kier molecular flexibility index (Phi) is 5.17. The Hall–Kier alpha value is -0.170. The molecule has 92 valence electrons. The van der Waals surface area contributed by atoms with Crippen LogP contribution in [0, 0.1) is 6.92 Å². The average Bonchev–Trinajstić information content (AvgIpc) is 2.61. The molecule has 0 saturated heterocycles. The summed E-state index contributed by atoms with van der Waals surface area (Å²) in [6.07, 6.45) is 2.20. The molecule has 4 nitrogen and oxygen atoms in total. The lowest BCUT2D eigenvalue weighted by atomic mass is 10.5. The zero-order valence-corrected chi connectivity index (χ0v) is 11.7. The molecule has 1 aromatic rings. The number of alkyl halides is 1. The van der Waals surface area contributed by atoms with Gasteiger partial charge < -0.3 is 0 Å². The summed E-state index contributed by atoms with van der Waals surface area (Å²) >= 11 is 7.00. The molecule has 16 heavy (non-hydrogen) atoms. The van der Waals surface area contributed by atoms with E-state index in [2.05, 4.69) is 4.98 Å². The summed E-state index contributed by atoms with van der Waals surface area (Å²) in [4.78, 5) is 5.04. The van der Waals surface area contributed by atoms with Crippen molar-refractivity contribution in [1.82, 2.24) is 9.29 Å². The molecule has 1 aromatic heterocycles. The maximum absolute atomic E-state index is 11.8. The van der Waals surface area contributed by atoms with Gasteiger partial charge in [-0.1, -0.05) is 0 Å². The van der Waals surface area contributed by atoms with Crippen molar-refractivity contribution in [3.8, 4) is 0 Å². The number of aryl methyl sites for hydroxylation is 1. The van der Waals surface area contributed by atoms with Crippen LogP contribution in [0.15, 0.2) is 6.20 Å². The van der Waals surface area contributed by atoms with Crippen LogP contribution in [0.3, 0.4) is 0 Å². The molecule has 1 rings (SSSR count). The van der Waals surface area contributed by atoms with Crippen molar-refractivity contribution in [3.63, 3.8) is 0 Å². The van der Waals surface area contributed by atoms with Crippen molar-refractivity contribution in [2.75, 3.05) is 18.7 Å². The quantitative estimate of drug-likeness (QED) is 0.748. The predicted molar refractivity (Wildman–Crippen MR) is 67.4 cm³/mol. The second-order valence-electron chi connectivity index (χ2n) is 3.46. The Labute approximate surface area is 105 Å². The first kappa shape index (κ1) is 13.9. The maximum atomic E-state index is 11.8. The molecule has 0 aliphatic heterocycles. The molecule has 0 N–H and O–H groups in total. The predicted octanol–water partition coefficient (Wildman–Crippen LogP) is 1.84. The third kappa shape index (κ3) is 4.01. The molecule has 0 saturated carbocycles. The summed E-state index contributed by atoms with van der Waals surface area (Å²) in [5, 5.41) is 0.946. The molecule has 0 amide bonds. The van der Waals surface area contributed by atoms with Crippen LogP contribution < -0.4 is 0 Å². The second kappa shape index (κ2) is 5.95. The summed E-state index contributed by atoms with van der Waals surface area (Å²) in [7, 11) is -1.60. The monoisotopic (exact) mass is 282 g/mol. The van der Waals surface area contributed by atoms with Crippen LogP contribution in [-0.4, -0.2) is 36.4 Å². The van der Waals surface area contributed by atoms with E-state index >= 15 is 0 Å². The normalized spacial score (nSPS) is 12.2. The van der Waals surface area contributed by atoms with Gasteiger partial charge in [-0.3, -0.25) is 0 Å². The molecule has 0 aromatic carbocycles. The SMILES string of the molecule is Cc1ncc(CN(C)S(=O)(=O)CCCCl)s1. The zero-order chi connectivity index (χ0) is 12.2. The van der Waals surface area contributed by atoms with E-state index in [1.165, 1.54) is 15.6 Å². The summed E-state index contributed by atoms with van der Waals surface area (Å²) in [5.41, 5.74) is 0. The fourth-order valence-electron chi connectivity index (χ4n) is 1.19. The van der Waals surface area contributed by atoms with E-state index in [1.807, 2.05) is 6.92 Å². The van der Waals surface area contributed by atoms with Gasteiger partial charge >= 0.3 is 0 Å². The maximum Gasteiger partial charge on any atom is 0.214 e. The standard InChI is InChI=1S/C9H15ClN2O2S2/c1-8-11-6-9(15-8)7-12(2)16(13,14)5-3-4-10/h6H,3-5,7H2,1-2H3. The van der Waals surface area contributed by atoms with E-state index in [1.54, 1.807) is 13.2 Å². The van der Waals surface area contributed by atoms with Gasteiger partial charge in [0.1, 0.15) is 0 Å². The molecular formula is C9H15ClN2O2S2. The van der Waals surface area contributed by atoms with Gasteiger partial charge in [0.15, 0.2) is 0 Å². The molecule has 0 unspecified atom stereocenters. The van der Waals surface area contributed by atoms with Gasteiger partial charge in [0, 0.05) is 30.5 Å². The van der Waals surface area contributed by atoms with E-state index in [4.69, 9.17) is 11.6 Å². The zero-order valence-electron chi connectivity index (χ0n) is 9.31. The van der Waals surface area contributed by atoms with Gasteiger partial charge in [-0.15, -0.1) is 22.9 Å². The third-order valence-electron chi connectivity index (χ3n) is 2.06. The number of aromatic nitrogens is 1. The van der Waals surface area contributed by atoms with Gasteiger partial charge in [0.2, 0.25) is 10.0 Å². The molecule has 0 atom stereocenters. The van der Waals surface area contributed by atoms with Crippen LogP contribution in [0.1, 0.15) is 16.3 Å². The Morgan fingerprint density at radius 3 is 2.75 bits per heavy atom. The topological polar surface area (TPSA) is 50.3 Å². The van der Waals surface area contributed by atoms with E-state index in [-0.39, 0.29) is 5.75 Å². The van der Waals surface area contributed by atoms with Gasteiger partial charge in [0.25, 0.3) is 0 Å². The van der Waals surface area contributed by atoms with Crippen molar-refractivity contribution >= 4 is 33.0 Å². The van der Waals surface area contributed by atoms with E-state index in [0.717, 1.165) is 9.88 Å². The highest BCUT2D eigenvalue weighted by molar-refractivity contribution is 7.89. The molecule has 7 heteroatoms. The molecule has 0 bridgehead atoms. The molecule has 0 spiro atoms. The number of hydrogen-bond acceptors (Lipinski definition) is 4. The highest BCUT2D eigenvalue weighted by Gasteiger charge is 2.18. The number of halogens is 1. The van der Waals surface area contributed by atoms with Crippen LogP contribution in [-0.2, 0) is 16.6 Å². The van der Waals surface area contributed by atoms with Crippen LogP contribution >= 0.6 is 22.9 Å². The first-order valence-electron chi connectivity index (χ1n) is 4.87. The number of nitrogens with zero attached hydrogens (tertiary/aromatic N) is 2. The molecule has 0 aliphatic rings. The minimum Gasteiger partial charge on any atom is -0.250 e. The van der Waals surface area contributed by atoms with Crippen molar-refractivity contribution in [3.05, 3.63) is 16.1 Å². The highest BCUT2D eigenvalue weighted by Crippen LogP contribution is 2.15. The van der Waals surface area contributed by atoms with Crippen molar-refractivity contribution in [1.29, 1.82) is 0 Å². The average molecular weight is 283 g/mol. The van der Waals surface area contributed by atoms with Crippen molar-refractivity contribution in [2.45, 2.75) is 19.9 Å². The highest BCUT2D eigenvalue weighted by atomic mass is 35.5. The minimum absolute atomic E-state index is 0.102. The molecule has 1 heterocycles. The Morgan fingerprint density at radius 1 is 1.56 bits per heavy atom. The Balaban J connectivity index is 2.61. The first-order valence-corrected chi connectivity index (χ1v) is 7.83. The number of thiazole rings is 1. The largest absolute Gasteiger partial charge is 0.250 e. The lowest BCUT2D eigenvalue weighted by Crippen LogP contribution is -2.28. The van der Waals surface area contributed by atoms with Crippen LogP contribution in [0.2, 0.25) is 0 Å². The molecule has 0 fully saturated rings. The Morgan fingerprint density at radius 2 is 2.25 bits per heavy atom. The second-order valence-corrected chi connectivity index (χ2v) is 7.35. The van der Waals surface area contributed by atoms with Crippen molar-refractivity contribution < 1.29 is 8.42 Å². The van der Waals surface area contributed by atoms with E-state index in [0.29, 0.717) is 18.8 Å². The first-order chi connectivity index (χ1) is 7.45. The smallest absolute Gasteiger partial charge is 0.214 e. The minimum atomic E-state index is -3.18. The Bertz CT molecular complexity index is 430.